The van der Waals surface area contributed by atoms with Gasteiger partial charge in [0.1, 0.15) is 10.1 Å². The maximum absolute atomic E-state index is 13.2. The van der Waals surface area contributed by atoms with Gasteiger partial charge in [-0.3, -0.25) is 14.6 Å². The van der Waals surface area contributed by atoms with Crippen LogP contribution in [0.25, 0.3) is 0 Å². The summed E-state index contributed by atoms with van der Waals surface area (Å²) in [5.41, 5.74) is 0.438. The van der Waals surface area contributed by atoms with Crippen LogP contribution in [0, 0.1) is 5.82 Å². The summed E-state index contributed by atoms with van der Waals surface area (Å²) in [7, 11) is 0. The van der Waals surface area contributed by atoms with Crippen molar-refractivity contribution in [3.8, 4) is 0 Å². The maximum atomic E-state index is 13.2. The summed E-state index contributed by atoms with van der Waals surface area (Å²) in [6.45, 7) is 5.08. The van der Waals surface area contributed by atoms with Crippen LogP contribution in [0.2, 0.25) is 0 Å². The molecule has 20 heavy (non-hydrogen) atoms. The van der Waals surface area contributed by atoms with Gasteiger partial charge in [-0.1, -0.05) is 28.1 Å². The number of halogens is 2. The van der Waals surface area contributed by atoms with Gasteiger partial charge in [-0.15, -0.1) is 0 Å². The third-order valence-electron chi connectivity index (χ3n) is 4.91. The largest absolute Gasteiger partial charge is 0.299 e. The van der Waals surface area contributed by atoms with Crippen molar-refractivity contribution in [2.45, 2.75) is 9.74 Å². The normalized spacial score (nSPS) is 42.8. The molecule has 4 aliphatic heterocycles. The van der Waals surface area contributed by atoms with Crippen LogP contribution >= 0.6 is 15.9 Å². The van der Waals surface area contributed by atoms with E-state index in [0.29, 0.717) is 0 Å². The second-order valence-electron chi connectivity index (χ2n) is 6.30. The van der Waals surface area contributed by atoms with Crippen LogP contribution in [-0.4, -0.2) is 59.2 Å². The Morgan fingerprint density at radius 3 is 2.10 bits per heavy atom. The van der Waals surface area contributed by atoms with Crippen molar-refractivity contribution in [3.05, 3.63) is 35.6 Å². The van der Waals surface area contributed by atoms with E-state index < -0.39 is 9.74 Å². The Labute approximate surface area is 125 Å². The number of hydrogen-bond donors (Lipinski definition) is 0. The number of carbonyl (C=O) groups is 1. The van der Waals surface area contributed by atoms with Crippen molar-refractivity contribution in [1.82, 2.24) is 9.80 Å². The molecule has 0 aliphatic carbocycles. The Hall–Kier alpha value is -0.780. The van der Waals surface area contributed by atoms with Gasteiger partial charge in [-0.2, -0.15) is 0 Å². The molecule has 4 fully saturated rings. The van der Waals surface area contributed by atoms with Gasteiger partial charge in [0.25, 0.3) is 0 Å². The van der Waals surface area contributed by atoms with Gasteiger partial charge in [-0.25, -0.2) is 4.39 Å². The van der Waals surface area contributed by atoms with E-state index in [9.17, 15) is 9.18 Å². The van der Waals surface area contributed by atoms with E-state index in [1.54, 1.807) is 12.1 Å². The van der Waals surface area contributed by atoms with Crippen molar-refractivity contribution in [1.29, 1.82) is 0 Å². The molecule has 2 atom stereocenters. The van der Waals surface area contributed by atoms with E-state index in [1.165, 1.54) is 12.1 Å². The van der Waals surface area contributed by atoms with Gasteiger partial charge in [0, 0.05) is 39.3 Å². The molecule has 4 aliphatic rings. The molecule has 4 heterocycles. The highest BCUT2D eigenvalue weighted by Crippen LogP contribution is 2.45. The number of alkyl halides is 1. The predicted octanol–water partition coefficient (Wildman–Crippen LogP) is 1.41. The third-order valence-corrected chi connectivity index (χ3v) is 5.77. The van der Waals surface area contributed by atoms with Gasteiger partial charge in [0.05, 0.1) is 5.41 Å². The minimum atomic E-state index is -0.510. The number of carbonyl (C=O) groups excluding carboxylic acids is 1. The maximum Gasteiger partial charge on any atom is 0.165 e. The minimum Gasteiger partial charge on any atom is -0.299 e. The summed E-state index contributed by atoms with van der Waals surface area (Å²) in [5, 5.41) is 0. The molecule has 0 radical (unpaired) electrons. The molecule has 5 heteroatoms. The average Bonchev–Trinajstić information content (AvgIpc) is 2.63. The SMILES string of the molecule is O=C1C2(Br)CN3CCN(C2)CC1(c1ccc(F)cc1)C3. The van der Waals surface area contributed by atoms with Crippen LogP contribution in [-0.2, 0) is 10.2 Å². The second-order valence-corrected chi connectivity index (χ2v) is 7.82. The number of ketones is 1. The molecule has 3 nitrogen and oxygen atoms in total. The summed E-state index contributed by atoms with van der Waals surface area (Å²) in [5.74, 6) is 0.0175. The fourth-order valence-electron chi connectivity index (χ4n) is 4.08. The number of Topliss-reactive ketones (excluding diaryl/α,β-unsaturated/α-hetero) is 1. The lowest BCUT2D eigenvalue weighted by Crippen LogP contribution is -2.70. The first-order valence-corrected chi connectivity index (χ1v) is 7.76. The molecule has 1 aromatic carbocycles. The van der Waals surface area contributed by atoms with Gasteiger partial charge < -0.3 is 0 Å². The fraction of sp³-hybridized carbons (Fsp3) is 0.533. The number of nitrogens with zero attached hydrogens (tertiary/aromatic N) is 2. The minimum absolute atomic E-state index is 0.252. The number of fused-ring (bicyclic) bond motifs is 1. The molecular formula is C15H16BrFN2O. The van der Waals surface area contributed by atoms with Gasteiger partial charge in [-0.05, 0) is 17.7 Å². The lowest BCUT2D eigenvalue weighted by Gasteiger charge is -2.52. The molecule has 5 rings (SSSR count). The van der Waals surface area contributed by atoms with E-state index in [-0.39, 0.29) is 11.6 Å². The van der Waals surface area contributed by atoms with E-state index in [1.807, 2.05) is 0 Å². The monoisotopic (exact) mass is 338 g/mol. The summed E-state index contributed by atoms with van der Waals surface area (Å²) < 4.78 is 12.7. The highest BCUT2D eigenvalue weighted by atomic mass is 79.9. The van der Waals surface area contributed by atoms with Crippen molar-refractivity contribution in [2.75, 3.05) is 39.3 Å². The standard InChI is InChI=1S/C15H16BrFN2O/c16-15-9-18-5-6-19(10-15)8-14(7-18,13(15)20)11-1-3-12(17)4-2-11/h1-4H,5-10H2. The third kappa shape index (κ3) is 1.66. The first-order chi connectivity index (χ1) is 9.52. The zero-order valence-electron chi connectivity index (χ0n) is 11.1. The van der Waals surface area contributed by atoms with Crippen LogP contribution < -0.4 is 0 Å². The fourth-order valence-corrected chi connectivity index (χ4v) is 5.17. The zero-order chi connectivity index (χ0) is 14.0. The lowest BCUT2D eigenvalue weighted by atomic mass is 9.67. The topological polar surface area (TPSA) is 23.6 Å². The van der Waals surface area contributed by atoms with Crippen LogP contribution in [0.3, 0.4) is 0 Å². The molecule has 2 unspecified atom stereocenters. The first kappa shape index (κ1) is 12.9. The highest BCUT2D eigenvalue weighted by Gasteiger charge is 2.61. The van der Waals surface area contributed by atoms with E-state index in [2.05, 4.69) is 25.7 Å². The molecule has 0 N–H and O–H groups in total. The molecule has 0 amide bonds. The van der Waals surface area contributed by atoms with Crippen molar-refractivity contribution < 1.29 is 9.18 Å². The second kappa shape index (κ2) is 4.12. The molecule has 0 spiro atoms. The Morgan fingerprint density at radius 1 is 1.00 bits per heavy atom. The average molecular weight is 339 g/mol. The van der Waals surface area contributed by atoms with E-state index in [0.717, 1.165) is 44.8 Å². The molecular weight excluding hydrogens is 323 g/mol. The molecule has 106 valence electrons. The van der Waals surface area contributed by atoms with Crippen molar-refractivity contribution >= 4 is 21.7 Å². The molecule has 4 saturated heterocycles. The molecule has 0 saturated carbocycles. The quantitative estimate of drug-likeness (QED) is 0.723. The Bertz CT molecular complexity index is 558. The van der Waals surface area contributed by atoms with Crippen LogP contribution in [0.1, 0.15) is 5.56 Å². The summed E-state index contributed by atoms with van der Waals surface area (Å²) in [6.07, 6.45) is 0. The van der Waals surface area contributed by atoms with Gasteiger partial charge >= 0.3 is 0 Å². The Morgan fingerprint density at radius 2 is 1.55 bits per heavy atom. The van der Waals surface area contributed by atoms with E-state index >= 15 is 0 Å². The first-order valence-electron chi connectivity index (χ1n) is 6.97. The van der Waals surface area contributed by atoms with Crippen molar-refractivity contribution in [3.63, 3.8) is 0 Å². The van der Waals surface area contributed by atoms with Crippen LogP contribution in [0.5, 0.6) is 0 Å². The smallest absolute Gasteiger partial charge is 0.165 e. The predicted molar refractivity (Wildman–Crippen MR) is 77.6 cm³/mol. The van der Waals surface area contributed by atoms with Crippen LogP contribution in [0.4, 0.5) is 4.39 Å². The Kier molecular flexibility index (Phi) is 2.66. The number of rotatable bonds is 1. The summed E-state index contributed by atoms with van der Waals surface area (Å²) in [4.78, 5) is 17.8. The van der Waals surface area contributed by atoms with Crippen LogP contribution in [0.15, 0.2) is 24.3 Å². The van der Waals surface area contributed by atoms with E-state index in [4.69, 9.17) is 0 Å². The zero-order valence-corrected chi connectivity index (χ0v) is 12.7. The molecule has 4 bridgehead atoms. The lowest BCUT2D eigenvalue weighted by molar-refractivity contribution is -0.134. The van der Waals surface area contributed by atoms with Gasteiger partial charge in [0.15, 0.2) is 5.78 Å². The summed E-state index contributed by atoms with van der Waals surface area (Å²) >= 11 is 3.71. The van der Waals surface area contributed by atoms with Crippen molar-refractivity contribution in [2.24, 2.45) is 0 Å². The summed E-state index contributed by atoms with van der Waals surface area (Å²) in [6, 6.07) is 6.48. The molecule has 0 aromatic heterocycles. The van der Waals surface area contributed by atoms with Gasteiger partial charge in [0.2, 0.25) is 0 Å². The number of piperidine rings is 2. The number of hydrogen-bond acceptors (Lipinski definition) is 3. The Balaban J connectivity index is 1.87. The molecule has 1 aromatic rings. The number of benzene rings is 1. The highest BCUT2D eigenvalue weighted by molar-refractivity contribution is 9.10.